The monoisotopic (exact) mass is 284 g/mol. The summed E-state index contributed by atoms with van der Waals surface area (Å²) in [5.41, 5.74) is 4.19. The lowest BCUT2D eigenvalue weighted by atomic mass is 9.99. The number of nitrogens with zero attached hydrogens (tertiary/aromatic N) is 4. The second-order valence-corrected chi connectivity index (χ2v) is 6.19. The van der Waals surface area contributed by atoms with Crippen LogP contribution in [-0.2, 0) is 13.6 Å². The molecular formula is C17H24N4. The van der Waals surface area contributed by atoms with Crippen molar-refractivity contribution in [1.29, 1.82) is 0 Å². The molecule has 1 aliphatic rings. The minimum absolute atomic E-state index is 0.515. The van der Waals surface area contributed by atoms with Crippen LogP contribution in [0, 0.1) is 20.8 Å². The SMILES string of the molecule is Cc1ccc(C2CCCN2Cc2nnc(C)n2C)cc1C. The Labute approximate surface area is 126 Å². The van der Waals surface area contributed by atoms with Crippen LogP contribution in [0.5, 0.6) is 0 Å². The van der Waals surface area contributed by atoms with Gasteiger partial charge in [0, 0.05) is 13.1 Å². The van der Waals surface area contributed by atoms with Crippen LogP contribution in [-0.4, -0.2) is 26.2 Å². The van der Waals surface area contributed by atoms with Gasteiger partial charge in [0.1, 0.15) is 11.6 Å². The summed E-state index contributed by atoms with van der Waals surface area (Å²) in [7, 11) is 2.05. The van der Waals surface area contributed by atoms with E-state index in [1.807, 2.05) is 14.0 Å². The predicted octanol–water partition coefficient (Wildman–Crippen LogP) is 3.08. The number of aryl methyl sites for hydroxylation is 3. The average molecular weight is 284 g/mol. The van der Waals surface area contributed by atoms with E-state index in [1.165, 1.54) is 29.5 Å². The first-order valence-electron chi connectivity index (χ1n) is 7.72. The summed E-state index contributed by atoms with van der Waals surface area (Å²) in [4.78, 5) is 2.54. The van der Waals surface area contributed by atoms with Crippen LogP contribution in [0.3, 0.4) is 0 Å². The molecule has 4 heteroatoms. The fraction of sp³-hybridized carbons (Fsp3) is 0.529. The van der Waals surface area contributed by atoms with Crippen molar-refractivity contribution in [1.82, 2.24) is 19.7 Å². The van der Waals surface area contributed by atoms with Crippen LogP contribution < -0.4 is 0 Å². The van der Waals surface area contributed by atoms with Gasteiger partial charge in [-0.05, 0) is 56.8 Å². The number of benzene rings is 1. The lowest BCUT2D eigenvalue weighted by Gasteiger charge is -2.25. The molecule has 2 heterocycles. The molecule has 1 aromatic carbocycles. The molecule has 1 fully saturated rings. The zero-order chi connectivity index (χ0) is 15.0. The van der Waals surface area contributed by atoms with Crippen LogP contribution in [0.2, 0.25) is 0 Å². The Bertz CT molecular complexity index is 644. The lowest BCUT2D eigenvalue weighted by molar-refractivity contribution is 0.239. The van der Waals surface area contributed by atoms with E-state index < -0.39 is 0 Å². The second kappa shape index (κ2) is 5.60. The normalized spacial score (nSPS) is 19.3. The Morgan fingerprint density at radius 3 is 2.62 bits per heavy atom. The molecule has 0 radical (unpaired) electrons. The van der Waals surface area contributed by atoms with Gasteiger partial charge in [0.2, 0.25) is 0 Å². The molecule has 2 aromatic rings. The molecule has 112 valence electrons. The number of likely N-dealkylation sites (tertiary alicyclic amines) is 1. The molecule has 1 saturated heterocycles. The molecule has 3 rings (SSSR count). The van der Waals surface area contributed by atoms with Crippen LogP contribution in [0.4, 0.5) is 0 Å². The Morgan fingerprint density at radius 2 is 1.95 bits per heavy atom. The quantitative estimate of drug-likeness (QED) is 0.868. The molecule has 0 bridgehead atoms. The average Bonchev–Trinajstić information content (AvgIpc) is 3.04. The number of rotatable bonds is 3. The Hall–Kier alpha value is -1.68. The topological polar surface area (TPSA) is 34.0 Å². The molecule has 1 atom stereocenters. The van der Waals surface area contributed by atoms with E-state index in [0.717, 1.165) is 24.7 Å². The van der Waals surface area contributed by atoms with Crippen LogP contribution in [0.15, 0.2) is 18.2 Å². The molecule has 1 aliphatic heterocycles. The first kappa shape index (κ1) is 14.3. The van der Waals surface area contributed by atoms with Gasteiger partial charge in [-0.3, -0.25) is 4.90 Å². The smallest absolute Gasteiger partial charge is 0.146 e. The van der Waals surface area contributed by atoms with Crippen LogP contribution >= 0.6 is 0 Å². The van der Waals surface area contributed by atoms with Crippen molar-refractivity contribution >= 4 is 0 Å². The van der Waals surface area contributed by atoms with Crippen molar-refractivity contribution in [3.05, 3.63) is 46.5 Å². The summed E-state index contributed by atoms with van der Waals surface area (Å²) in [6, 6.07) is 7.39. The molecule has 4 nitrogen and oxygen atoms in total. The third-order valence-electron chi connectivity index (χ3n) is 4.81. The Morgan fingerprint density at radius 1 is 1.14 bits per heavy atom. The van der Waals surface area contributed by atoms with E-state index in [-0.39, 0.29) is 0 Å². The summed E-state index contributed by atoms with van der Waals surface area (Å²) in [6.45, 7) is 8.40. The first-order chi connectivity index (χ1) is 10.1. The van der Waals surface area contributed by atoms with Gasteiger partial charge in [-0.2, -0.15) is 0 Å². The fourth-order valence-corrected chi connectivity index (χ4v) is 3.14. The highest BCUT2D eigenvalue weighted by Gasteiger charge is 2.27. The summed E-state index contributed by atoms with van der Waals surface area (Å²) in [5.74, 6) is 2.04. The van der Waals surface area contributed by atoms with Crippen molar-refractivity contribution in [3.63, 3.8) is 0 Å². The highest BCUT2D eigenvalue weighted by Crippen LogP contribution is 2.33. The largest absolute Gasteiger partial charge is 0.317 e. The van der Waals surface area contributed by atoms with E-state index >= 15 is 0 Å². The molecule has 0 amide bonds. The van der Waals surface area contributed by atoms with E-state index in [0.29, 0.717) is 6.04 Å². The number of hydrogen-bond acceptors (Lipinski definition) is 3. The summed E-state index contributed by atoms with van der Waals surface area (Å²) in [6.07, 6.45) is 2.49. The summed E-state index contributed by atoms with van der Waals surface area (Å²) < 4.78 is 2.09. The van der Waals surface area contributed by atoms with Crippen LogP contribution in [0.25, 0.3) is 0 Å². The van der Waals surface area contributed by atoms with Crippen molar-refractivity contribution in [2.75, 3.05) is 6.54 Å². The number of aromatic nitrogens is 3. The summed E-state index contributed by atoms with van der Waals surface area (Å²) in [5, 5.41) is 8.48. The van der Waals surface area contributed by atoms with Crippen molar-refractivity contribution in [3.8, 4) is 0 Å². The minimum atomic E-state index is 0.515. The van der Waals surface area contributed by atoms with Crippen molar-refractivity contribution < 1.29 is 0 Å². The maximum Gasteiger partial charge on any atom is 0.146 e. The highest BCUT2D eigenvalue weighted by atomic mass is 15.3. The molecule has 0 spiro atoms. The van der Waals surface area contributed by atoms with E-state index in [2.05, 4.69) is 51.7 Å². The van der Waals surface area contributed by atoms with Crippen molar-refractivity contribution in [2.24, 2.45) is 7.05 Å². The second-order valence-electron chi connectivity index (χ2n) is 6.19. The van der Waals surface area contributed by atoms with Gasteiger partial charge in [0.15, 0.2) is 0 Å². The third-order valence-corrected chi connectivity index (χ3v) is 4.81. The molecule has 21 heavy (non-hydrogen) atoms. The van der Waals surface area contributed by atoms with Crippen molar-refractivity contribution in [2.45, 2.75) is 46.2 Å². The van der Waals surface area contributed by atoms with Gasteiger partial charge >= 0.3 is 0 Å². The fourth-order valence-electron chi connectivity index (χ4n) is 3.14. The van der Waals surface area contributed by atoms with Gasteiger partial charge in [0.05, 0.1) is 6.54 Å². The molecule has 0 aliphatic carbocycles. The standard InChI is InChI=1S/C17H24N4/c1-12-7-8-15(10-13(12)2)16-6-5-9-21(16)11-17-19-18-14(3)20(17)4/h7-8,10,16H,5-6,9,11H2,1-4H3. The van der Waals surface area contributed by atoms with E-state index in [4.69, 9.17) is 0 Å². The van der Waals surface area contributed by atoms with Gasteiger partial charge < -0.3 is 4.57 Å². The van der Waals surface area contributed by atoms with Gasteiger partial charge in [-0.15, -0.1) is 10.2 Å². The zero-order valence-corrected chi connectivity index (χ0v) is 13.4. The van der Waals surface area contributed by atoms with Gasteiger partial charge in [-0.1, -0.05) is 18.2 Å². The lowest BCUT2D eigenvalue weighted by Crippen LogP contribution is -2.24. The van der Waals surface area contributed by atoms with Gasteiger partial charge in [-0.25, -0.2) is 0 Å². The molecule has 1 aromatic heterocycles. The zero-order valence-electron chi connectivity index (χ0n) is 13.4. The number of hydrogen-bond donors (Lipinski definition) is 0. The highest BCUT2D eigenvalue weighted by molar-refractivity contribution is 5.32. The maximum absolute atomic E-state index is 4.31. The first-order valence-corrected chi connectivity index (χ1v) is 7.72. The molecule has 0 saturated carbocycles. The van der Waals surface area contributed by atoms with Crippen LogP contribution in [0.1, 0.15) is 47.2 Å². The molecule has 1 unspecified atom stereocenters. The third kappa shape index (κ3) is 2.72. The van der Waals surface area contributed by atoms with E-state index in [1.54, 1.807) is 0 Å². The molecular weight excluding hydrogens is 260 g/mol. The maximum atomic E-state index is 4.31. The van der Waals surface area contributed by atoms with E-state index in [9.17, 15) is 0 Å². The Balaban J connectivity index is 1.82. The summed E-state index contributed by atoms with van der Waals surface area (Å²) >= 11 is 0. The Kier molecular flexibility index (Phi) is 3.81. The molecule has 0 N–H and O–H groups in total. The predicted molar refractivity (Wildman–Crippen MR) is 84.0 cm³/mol. The minimum Gasteiger partial charge on any atom is -0.317 e. The van der Waals surface area contributed by atoms with Gasteiger partial charge in [0.25, 0.3) is 0 Å².